The van der Waals surface area contributed by atoms with Crippen molar-refractivity contribution in [3.63, 3.8) is 0 Å². The van der Waals surface area contributed by atoms with Crippen LogP contribution in [0.15, 0.2) is 4.90 Å². The van der Waals surface area contributed by atoms with Gasteiger partial charge in [-0.2, -0.15) is 9.82 Å². The van der Waals surface area contributed by atoms with Crippen molar-refractivity contribution in [1.82, 2.24) is 24.7 Å². The largest absolute Gasteiger partial charge is 0.339 e. The van der Waals surface area contributed by atoms with Gasteiger partial charge in [-0.1, -0.05) is 0 Å². The van der Waals surface area contributed by atoms with Gasteiger partial charge in [0.05, 0.1) is 17.4 Å². The molecule has 2 heterocycles. The molecule has 1 unspecified atom stereocenters. The summed E-state index contributed by atoms with van der Waals surface area (Å²) < 4.78 is 29.1. The van der Waals surface area contributed by atoms with Crippen LogP contribution in [0.5, 0.6) is 0 Å². The summed E-state index contributed by atoms with van der Waals surface area (Å²) in [6, 6.07) is -0.804. The fraction of sp³-hybridized carbons (Fsp3) is 0.692. The first-order valence-corrected chi connectivity index (χ1v) is 8.74. The molecule has 1 amide bonds. The Balaban J connectivity index is 0.00000264. The Hall–Kier alpha value is -1.16. The van der Waals surface area contributed by atoms with Crippen LogP contribution in [0.25, 0.3) is 0 Å². The van der Waals surface area contributed by atoms with Gasteiger partial charge in [0, 0.05) is 33.2 Å². The second kappa shape index (κ2) is 7.61. The molecule has 1 aliphatic heterocycles. The molecule has 2 rings (SSSR count). The van der Waals surface area contributed by atoms with Crippen molar-refractivity contribution < 1.29 is 13.2 Å². The molecular weight excluding hydrogens is 342 g/mol. The molecule has 0 spiro atoms. The van der Waals surface area contributed by atoms with E-state index in [1.807, 2.05) is 0 Å². The number of amides is 1. The quantitative estimate of drug-likeness (QED) is 0.754. The number of halogens is 1. The molecule has 0 radical (unpaired) electrons. The molecule has 132 valence electrons. The number of hydrogen-bond donors (Lipinski definition) is 2. The zero-order valence-electron chi connectivity index (χ0n) is 13.8. The van der Waals surface area contributed by atoms with Gasteiger partial charge >= 0.3 is 0 Å². The molecule has 0 saturated carbocycles. The number of rotatable bonds is 4. The lowest BCUT2D eigenvalue weighted by Gasteiger charge is -2.29. The first-order valence-electron chi connectivity index (χ1n) is 7.26. The Morgan fingerprint density at radius 1 is 1.30 bits per heavy atom. The van der Waals surface area contributed by atoms with Crippen LogP contribution in [-0.2, 0) is 21.9 Å². The average molecular weight is 366 g/mol. The maximum Gasteiger partial charge on any atom is 0.244 e. The van der Waals surface area contributed by atoms with E-state index in [2.05, 4.69) is 15.1 Å². The van der Waals surface area contributed by atoms with Gasteiger partial charge in [0.2, 0.25) is 15.9 Å². The van der Waals surface area contributed by atoms with Crippen molar-refractivity contribution in [3.05, 3.63) is 11.4 Å². The Kier molecular flexibility index (Phi) is 6.58. The first-order chi connectivity index (χ1) is 10.2. The molecule has 1 atom stereocenters. The van der Waals surface area contributed by atoms with Crippen molar-refractivity contribution in [1.29, 1.82) is 0 Å². The van der Waals surface area contributed by atoms with Gasteiger partial charge < -0.3 is 10.2 Å². The molecule has 1 aliphatic rings. The summed E-state index contributed by atoms with van der Waals surface area (Å²) in [7, 11) is -2.09. The number of carbonyl (C=O) groups is 1. The highest BCUT2D eigenvalue weighted by molar-refractivity contribution is 7.89. The van der Waals surface area contributed by atoms with Crippen molar-refractivity contribution in [2.45, 2.75) is 31.7 Å². The van der Waals surface area contributed by atoms with Gasteiger partial charge in [0.25, 0.3) is 0 Å². The van der Waals surface area contributed by atoms with E-state index >= 15 is 0 Å². The minimum atomic E-state index is -3.78. The third kappa shape index (κ3) is 4.23. The molecule has 2 N–H and O–H groups in total. The molecule has 1 fully saturated rings. The van der Waals surface area contributed by atoms with Gasteiger partial charge in [0.1, 0.15) is 4.90 Å². The molecular formula is C13H24ClN5O3S. The van der Waals surface area contributed by atoms with E-state index < -0.39 is 16.1 Å². The second-order valence-electron chi connectivity index (χ2n) is 5.54. The van der Waals surface area contributed by atoms with Gasteiger partial charge in [-0.25, -0.2) is 8.42 Å². The van der Waals surface area contributed by atoms with Crippen LogP contribution in [0, 0.1) is 13.8 Å². The third-order valence-corrected chi connectivity index (χ3v) is 5.63. The monoisotopic (exact) mass is 365 g/mol. The topological polar surface area (TPSA) is 96.3 Å². The number of nitrogens with one attached hydrogen (secondary N) is 2. The molecule has 23 heavy (non-hydrogen) atoms. The zero-order valence-corrected chi connectivity index (χ0v) is 15.4. The van der Waals surface area contributed by atoms with E-state index in [-0.39, 0.29) is 23.2 Å². The first kappa shape index (κ1) is 19.9. The fourth-order valence-electron chi connectivity index (χ4n) is 2.64. The van der Waals surface area contributed by atoms with Crippen LogP contribution >= 0.6 is 12.4 Å². The predicted octanol–water partition coefficient (Wildman–Crippen LogP) is -0.443. The second-order valence-corrected chi connectivity index (χ2v) is 7.19. The normalized spacial score (nSPS) is 16.8. The maximum absolute atomic E-state index is 12.5. The van der Waals surface area contributed by atoms with Crippen molar-refractivity contribution >= 4 is 28.3 Å². The van der Waals surface area contributed by atoms with Gasteiger partial charge in [-0.05, 0) is 20.8 Å². The van der Waals surface area contributed by atoms with Crippen molar-refractivity contribution in [2.24, 2.45) is 7.05 Å². The minimum Gasteiger partial charge on any atom is -0.339 e. The van der Waals surface area contributed by atoms with Crippen LogP contribution in [-0.4, -0.2) is 61.2 Å². The Labute approximate surface area is 143 Å². The number of carbonyl (C=O) groups excluding carboxylic acids is 1. The summed E-state index contributed by atoms with van der Waals surface area (Å²) in [5.74, 6) is -0.204. The number of aromatic nitrogens is 2. The minimum absolute atomic E-state index is 0. The van der Waals surface area contributed by atoms with E-state index in [9.17, 15) is 13.2 Å². The standard InChI is InChI=1S/C13H23N5O3S.ClH/c1-9-12(11(3)17(4)15-9)22(20,21)16-10(2)13(19)18-7-5-14-6-8-18;/h10,14,16H,5-8H2,1-4H3;1H. The SMILES string of the molecule is Cc1nn(C)c(C)c1S(=O)(=O)NC(C)C(=O)N1CCNCC1.Cl. The van der Waals surface area contributed by atoms with Crippen LogP contribution in [0.1, 0.15) is 18.3 Å². The fourth-order valence-corrected chi connectivity index (χ4v) is 4.28. The van der Waals surface area contributed by atoms with Crippen LogP contribution in [0.3, 0.4) is 0 Å². The van der Waals surface area contributed by atoms with E-state index in [1.54, 1.807) is 32.7 Å². The molecule has 0 aromatic carbocycles. The summed E-state index contributed by atoms with van der Waals surface area (Å²) in [6.45, 7) is 7.55. The Morgan fingerprint density at radius 2 is 1.87 bits per heavy atom. The van der Waals surface area contributed by atoms with Crippen LogP contribution in [0.4, 0.5) is 0 Å². The summed E-state index contributed by atoms with van der Waals surface area (Å²) >= 11 is 0. The molecule has 1 aromatic heterocycles. The summed E-state index contributed by atoms with van der Waals surface area (Å²) in [5, 5.41) is 7.27. The number of nitrogens with zero attached hydrogens (tertiary/aromatic N) is 3. The predicted molar refractivity (Wildman–Crippen MR) is 89.2 cm³/mol. The highest BCUT2D eigenvalue weighted by Gasteiger charge is 2.30. The Bertz CT molecular complexity index is 667. The maximum atomic E-state index is 12.5. The van der Waals surface area contributed by atoms with E-state index in [1.165, 1.54) is 4.68 Å². The van der Waals surface area contributed by atoms with Crippen LogP contribution < -0.4 is 10.0 Å². The molecule has 8 nitrogen and oxygen atoms in total. The smallest absolute Gasteiger partial charge is 0.244 e. The average Bonchev–Trinajstić information content (AvgIpc) is 2.72. The number of hydrogen-bond acceptors (Lipinski definition) is 5. The highest BCUT2D eigenvalue weighted by atomic mass is 35.5. The lowest BCUT2D eigenvalue weighted by Crippen LogP contribution is -2.53. The molecule has 10 heteroatoms. The highest BCUT2D eigenvalue weighted by Crippen LogP contribution is 2.18. The van der Waals surface area contributed by atoms with Crippen molar-refractivity contribution in [2.75, 3.05) is 26.2 Å². The van der Waals surface area contributed by atoms with Crippen LogP contribution in [0.2, 0.25) is 0 Å². The van der Waals surface area contributed by atoms with E-state index in [0.29, 0.717) is 24.5 Å². The van der Waals surface area contributed by atoms with E-state index in [0.717, 1.165) is 13.1 Å². The molecule has 0 bridgehead atoms. The molecule has 1 aromatic rings. The number of aryl methyl sites for hydroxylation is 2. The summed E-state index contributed by atoms with van der Waals surface area (Å²) in [5.41, 5.74) is 0.973. The molecule has 0 aliphatic carbocycles. The lowest BCUT2D eigenvalue weighted by atomic mass is 10.2. The molecule has 1 saturated heterocycles. The van der Waals surface area contributed by atoms with Gasteiger partial charge in [-0.15, -0.1) is 12.4 Å². The Morgan fingerprint density at radius 3 is 2.35 bits per heavy atom. The zero-order chi connectivity index (χ0) is 16.5. The third-order valence-electron chi connectivity index (χ3n) is 3.84. The summed E-state index contributed by atoms with van der Waals surface area (Å²) in [4.78, 5) is 14.2. The van der Waals surface area contributed by atoms with E-state index in [4.69, 9.17) is 0 Å². The van der Waals surface area contributed by atoms with Crippen molar-refractivity contribution in [3.8, 4) is 0 Å². The summed E-state index contributed by atoms with van der Waals surface area (Å²) in [6.07, 6.45) is 0. The lowest BCUT2D eigenvalue weighted by molar-refractivity contribution is -0.133. The van der Waals surface area contributed by atoms with Gasteiger partial charge in [-0.3, -0.25) is 9.48 Å². The van der Waals surface area contributed by atoms with Gasteiger partial charge in [0.15, 0.2) is 0 Å². The number of piperazine rings is 1. The number of sulfonamides is 1.